The highest BCUT2D eigenvalue weighted by Crippen LogP contribution is 2.31. The Kier molecular flexibility index (Phi) is 3.71. The average Bonchev–Trinajstić information content (AvgIpc) is 2.73. The Morgan fingerprint density at radius 3 is 2.74 bits per heavy atom. The highest BCUT2D eigenvalue weighted by Gasteiger charge is 2.33. The zero-order valence-electron chi connectivity index (χ0n) is 11.6. The highest BCUT2D eigenvalue weighted by atomic mass is 16.3. The van der Waals surface area contributed by atoms with Crippen LogP contribution in [0.5, 0.6) is 0 Å². The standard InChI is InChI=1S/C13H21N5O/c1-7-4-5-18(10(7)6-19)13-11(12(14)15)8(2)9(3)16-17-13/h7,10,19H,4-6H2,1-3H3,(H3,14,15). The van der Waals surface area contributed by atoms with E-state index in [1.54, 1.807) is 0 Å². The molecule has 1 saturated heterocycles. The molecular weight excluding hydrogens is 242 g/mol. The summed E-state index contributed by atoms with van der Waals surface area (Å²) < 4.78 is 0. The Balaban J connectivity index is 2.51. The maximum absolute atomic E-state index is 9.55. The van der Waals surface area contributed by atoms with Gasteiger partial charge in [-0.2, -0.15) is 5.10 Å². The first kappa shape index (κ1) is 13.7. The molecule has 104 valence electrons. The molecular formula is C13H21N5O. The fraction of sp³-hybridized carbons (Fsp3) is 0.615. The van der Waals surface area contributed by atoms with Crippen LogP contribution >= 0.6 is 0 Å². The zero-order chi connectivity index (χ0) is 14.2. The summed E-state index contributed by atoms with van der Waals surface area (Å²) in [5.41, 5.74) is 8.00. The number of hydrogen-bond donors (Lipinski definition) is 3. The third kappa shape index (κ3) is 2.28. The second-order valence-corrected chi connectivity index (χ2v) is 5.23. The molecule has 6 nitrogen and oxygen atoms in total. The fourth-order valence-electron chi connectivity index (χ4n) is 2.67. The smallest absolute Gasteiger partial charge is 0.162 e. The number of nitrogens with two attached hydrogens (primary N) is 1. The topological polar surface area (TPSA) is 99.1 Å². The van der Waals surface area contributed by atoms with Gasteiger partial charge < -0.3 is 15.7 Å². The van der Waals surface area contributed by atoms with Crippen molar-refractivity contribution in [3.63, 3.8) is 0 Å². The third-order valence-electron chi connectivity index (χ3n) is 4.05. The van der Waals surface area contributed by atoms with Crippen LogP contribution < -0.4 is 10.6 Å². The number of anilines is 1. The number of aliphatic hydroxyl groups is 1. The minimum absolute atomic E-state index is 0.00161. The van der Waals surface area contributed by atoms with Crippen LogP contribution in [-0.4, -0.2) is 40.3 Å². The van der Waals surface area contributed by atoms with Crippen molar-refractivity contribution in [2.24, 2.45) is 11.7 Å². The molecule has 1 aromatic heterocycles. The van der Waals surface area contributed by atoms with Gasteiger partial charge in [-0.3, -0.25) is 5.41 Å². The molecule has 0 amide bonds. The first-order valence-electron chi connectivity index (χ1n) is 6.53. The molecule has 2 heterocycles. The van der Waals surface area contributed by atoms with Crippen molar-refractivity contribution in [2.75, 3.05) is 18.1 Å². The van der Waals surface area contributed by atoms with Crippen LogP contribution in [0.1, 0.15) is 30.2 Å². The largest absolute Gasteiger partial charge is 0.394 e. The van der Waals surface area contributed by atoms with Crippen molar-refractivity contribution in [2.45, 2.75) is 33.2 Å². The van der Waals surface area contributed by atoms with Gasteiger partial charge in [0, 0.05) is 6.54 Å². The Labute approximate surface area is 113 Å². The first-order chi connectivity index (χ1) is 8.97. The molecule has 0 bridgehead atoms. The molecule has 1 fully saturated rings. The predicted octanol–water partition coefficient (Wildman–Crippen LogP) is 0.585. The lowest BCUT2D eigenvalue weighted by atomic mass is 10.0. The minimum atomic E-state index is 0.00161. The molecule has 0 spiro atoms. The van der Waals surface area contributed by atoms with Crippen molar-refractivity contribution in [3.05, 3.63) is 16.8 Å². The Morgan fingerprint density at radius 2 is 2.16 bits per heavy atom. The molecule has 19 heavy (non-hydrogen) atoms. The lowest BCUT2D eigenvalue weighted by molar-refractivity contribution is 0.244. The highest BCUT2D eigenvalue weighted by molar-refractivity contribution is 6.01. The summed E-state index contributed by atoms with van der Waals surface area (Å²) in [4.78, 5) is 2.03. The summed E-state index contributed by atoms with van der Waals surface area (Å²) >= 11 is 0. The van der Waals surface area contributed by atoms with Crippen LogP contribution in [-0.2, 0) is 0 Å². The van der Waals surface area contributed by atoms with Crippen LogP contribution in [0.15, 0.2) is 0 Å². The molecule has 1 aliphatic heterocycles. The average molecular weight is 263 g/mol. The number of amidine groups is 1. The molecule has 1 aliphatic rings. The third-order valence-corrected chi connectivity index (χ3v) is 4.05. The summed E-state index contributed by atoms with van der Waals surface area (Å²) in [7, 11) is 0. The summed E-state index contributed by atoms with van der Waals surface area (Å²) in [5.74, 6) is 1.02. The zero-order valence-corrected chi connectivity index (χ0v) is 11.6. The van der Waals surface area contributed by atoms with E-state index < -0.39 is 0 Å². The minimum Gasteiger partial charge on any atom is -0.394 e. The molecule has 0 saturated carbocycles. The fourth-order valence-corrected chi connectivity index (χ4v) is 2.67. The summed E-state index contributed by atoms with van der Waals surface area (Å²) in [6.07, 6.45) is 0.997. The monoisotopic (exact) mass is 263 g/mol. The van der Waals surface area contributed by atoms with E-state index in [4.69, 9.17) is 11.1 Å². The lowest BCUT2D eigenvalue weighted by Crippen LogP contribution is -2.37. The van der Waals surface area contributed by atoms with Crippen LogP contribution in [0.3, 0.4) is 0 Å². The number of rotatable bonds is 3. The molecule has 0 aromatic carbocycles. The predicted molar refractivity (Wildman–Crippen MR) is 74.5 cm³/mol. The number of nitrogen functional groups attached to an aromatic ring is 1. The van der Waals surface area contributed by atoms with Gasteiger partial charge in [0.2, 0.25) is 0 Å². The van der Waals surface area contributed by atoms with Gasteiger partial charge in [0.05, 0.1) is 23.9 Å². The van der Waals surface area contributed by atoms with Crippen molar-refractivity contribution in [3.8, 4) is 0 Å². The molecule has 6 heteroatoms. The molecule has 0 radical (unpaired) electrons. The van der Waals surface area contributed by atoms with Gasteiger partial charge in [-0.25, -0.2) is 0 Å². The van der Waals surface area contributed by atoms with Crippen molar-refractivity contribution in [1.29, 1.82) is 5.41 Å². The number of nitrogens with one attached hydrogen (secondary N) is 1. The maximum Gasteiger partial charge on any atom is 0.162 e. The molecule has 2 unspecified atom stereocenters. The van der Waals surface area contributed by atoms with E-state index in [9.17, 15) is 5.11 Å². The van der Waals surface area contributed by atoms with Gasteiger partial charge in [-0.15, -0.1) is 5.10 Å². The van der Waals surface area contributed by atoms with E-state index in [0.29, 0.717) is 17.3 Å². The van der Waals surface area contributed by atoms with Crippen LogP contribution in [0.4, 0.5) is 5.82 Å². The Morgan fingerprint density at radius 1 is 1.47 bits per heavy atom. The van der Waals surface area contributed by atoms with E-state index in [1.807, 2.05) is 18.7 Å². The normalized spacial score (nSPS) is 22.8. The molecule has 2 rings (SSSR count). The first-order valence-corrected chi connectivity index (χ1v) is 6.53. The second kappa shape index (κ2) is 5.13. The molecule has 0 aliphatic carbocycles. The number of aromatic nitrogens is 2. The van der Waals surface area contributed by atoms with Gasteiger partial charge in [0.25, 0.3) is 0 Å². The van der Waals surface area contributed by atoms with E-state index in [2.05, 4.69) is 17.1 Å². The number of aryl methyl sites for hydroxylation is 1. The van der Waals surface area contributed by atoms with Gasteiger partial charge in [0.15, 0.2) is 5.82 Å². The van der Waals surface area contributed by atoms with Crippen molar-refractivity contribution < 1.29 is 5.11 Å². The Bertz CT molecular complexity index is 502. The van der Waals surface area contributed by atoms with Crippen LogP contribution in [0.25, 0.3) is 0 Å². The van der Waals surface area contributed by atoms with Gasteiger partial charge in [-0.05, 0) is 31.7 Å². The molecule has 4 N–H and O–H groups in total. The van der Waals surface area contributed by atoms with Gasteiger partial charge in [-0.1, -0.05) is 6.92 Å². The summed E-state index contributed by atoms with van der Waals surface area (Å²) in [5, 5.41) is 25.7. The molecule has 1 aromatic rings. The number of hydrogen-bond acceptors (Lipinski definition) is 5. The van der Waals surface area contributed by atoms with Gasteiger partial charge >= 0.3 is 0 Å². The van der Waals surface area contributed by atoms with E-state index in [0.717, 1.165) is 24.2 Å². The van der Waals surface area contributed by atoms with E-state index >= 15 is 0 Å². The van der Waals surface area contributed by atoms with E-state index in [-0.39, 0.29) is 18.5 Å². The second-order valence-electron chi connectivity index (χ2n) is 5.23. The SMILES string of the molecule is Cc1nnc(N2CCC(C)C2CO)c(C(=N)N)c1C. The van der Waals surface area contributed by atoms with Crippen LogP contribution in [0, 0.1) is 25.2 Å². The lowest BCUT2D eigenvalue weighted by Gasteiger charge is -2.28. The Hall–Kier alpha value is -1.69. The quantitative estimate of drug-likeness (QED) is 0.547. The van der Waals surface area contributed by atoms with Crippen LogP contribution in [0.2, 0.25) is 0 Å². The number of nitrogens with zero attached hydrogens (tertiary/aromatic N) is 3. The number of aliphatic hydroxyl groups excluding tert-OH is 1. The summed E-state index contributed by atoms with van der Waals surface area (Å²) in [6, 6.07) is 0.0227. The van der Waals surface area contributed by atoms with Crippen molar-refractivity contribution in [1.82, 2.24) is 10.2 Å². The van der Waals surface area contributed by atoms with Gasteiger partial charge in [0.1, 0.15) is 5.84 Å². The summed E-state index contributed by atoms with van der Waals surface area (Å²) in [6.45, 7) is 6.76. The molecule has 2 atom stereocenters. The maximum atomic E-state index is 9.55. The van der Waals surface area contributed by atoms with E-state index in [1.165, 1.54) is 0 Å². The van der Waals surface area contributed by atoms with Crippen molar-refractivity contribution >= 4 is 11.7 Å².